The van der Waals surface area contributed by atoms with Gasteiger partial charge in [0.1, 0.15) is 5.69 Å². The summed E-state index contributed by atoms with van der Waals surface area (Å²) in [6, 6.07) is 18.6. The summed E-state index contributed by atoms with van der Waals surface area (Å²) in [5.74, 6) is -0.334. The van der Waals surface area contributed by atoms with E-state index < -0.39 is 0 Å². The molecule has 0 aliphatic heterocycles. The zero-order valence-electron chi connectivity index (χ0n) is 17.5. The highest BCUT2D eigenvalue weighted by molar-refractivity contribution is 9.10. The maximum atomic E-state index is 12.6. The number of nitrogens with one attached hydrogen (secondary N) is 1. The average molecular weight is 500 g/mol. The number of nitrogens with zero attached hydrogens (tertiary/aromatic N) is 1. The maximum absolute atomic E-state index is 12.6. The van der Waals surface area contributed by atoms with Crippen LogP contribution in [0.15, 0.2) is 59.1 Å². The number of esters is 1. The summed E-state index contributed by atoms with van der Waals surface area (Å²) < 4.78 is 6.04. The molecule has 4 aromatic rings. The first-order chi connectivity index (χ1) is 15.0. The lowest BCUT2D eigenvalue weighted by Gasteiger charge is -2.21. The molecular formula is C25H24BrClN2O2. The number of hydrogen-bond acceptors (Lipinski definition) is 3. The van der Waals surface area contributed by atoms with Crippen LogP contribution in [-0.2, 0) is 11.2 Å². The standard InChI is InChI=1S/C25H24BrClN2O2/c1-3-31-25(30)24-18(19-13-14-20(27)22(26)23(19)28-24)11-7-15-29(2)21-12-6-9-16-8-4-5-10-17(16)21/h4-6,8-10,12-14,28H,3,7,11,15H2,1-2H3. The molecular weight excluding hydrogens is 476 g/mol. The molecule has 1 heterocycles. The van der Waals surface area contributed by atoms with Gasteiger partial charge in [0.25, 0.3) is 0 Å². The lowest BCUT2D eigenvalue weighted by atomic mass is 10.0. The molecule has 0 saturated carbocycles. The van der Waals surface area contributed by atoms with Crippen molar-refractivity contribution in [3.8, 4) is 0 Å². The molecule has 0 unspecified atom stereocenters. The Morgan fingerprint density at radius 2 is 1.87 bits per heavy atom. The molecule has 0 saturated heterocycles. The first-order valence-electron chi connectivity index (χ1n) is 10.4. The Labute approximate surface area is 195 Å². The topological polar surface area (TPSA) is 45.3 Å². The molecule has 0 radical (unpaired) electrons. The van der Waals surface area contributed by atoms with Gasteiger partial charge in [0, 0.05) is 30.1 Å². The van der Waals surface area contributed by atoms with E-state index in [-0.39, 0.29) is 5.97 Å². The third-order valence-electron chi connectivity index (χ3n) is 5.55. The van der Waals surface area contributed by atoms with Gasteiger partial charge in [-0.05, 0) is 58.8 Å². The van der Waals surface area contributed by atoms with Crippen LogP contribution in [-0.4, -0.2) is 31.2 Å². The van der Waals surface area contributed by atoms with Gasteiger partial charge in [-0.3, -0.25) is 0 Å². The second kappa shape index (κ2) is 9.33. The number of H-pyrrole nitrogens is 1. The lowest BCUT2D eigenvalue weighted by molar-refractivity contribution is 0.0519. The zero-order chi connectivity index (χ0) is 22.0. The second-order valence-electron chi connectivity index (χ2n) is 7.51. The minimum absolute atomic E-state index is 0.333. The summed E-state index contributed by atoms with van der Waals surface area (Å²) >= 11 is 9.80. The third-order valence-corrected chi connectivity index (χ3v) is 6.92. The van der Waals surface area contributed by atoms with Crippen molar-refractivity contribution in [3.63, 3.8) is 0 Å². The van der Waals surface area contributed by atoms with Gasteiger partial charge in [-0.15, -0.1) is 0 Å². The number of carbonyl (C=O) groups is 1. The molecule has 3 aromatic carbocycles. The Balaban J connectivity index is 1.59. The van der Waals surface area contributed by atoms with Crippen LogP contribution in [0.3, 0.4) is 0 Å². The molecule has 1 N–H and O–H groups in total. The number of hydrogen-bond donors (Lipinski definition) is 1. The summed E-state index contributed by atoms with van der Waals surface area (Å²) in [6.07, 6.45) is 1.64. The van der Waals surface area contributed by atoms with Gasteiger partial charge in [-0.25, -0.2) is 4.79 Å². The molecule has 31 heavy (non-hydrogen) atoms. The number of benzene rings is 3. The number of aromatic amines is 1. The van der Waals surface area contributed by atoms with Crippen molar-refractivity contribution in [1.29, 1.82) is 0 Å². The first-order valence-corrected chi connectivity index (χ1v) is 11.5. The number of carbonyl (C=O) groups excluding carboxylic acids is 1. The van der Waals surface area contributed by atoms with E-state index in [1.54, 1.807) is 0 Å². The van der Waals surface area contributed by atoms with Crippen molar-refractivity contribution in [2.75, 3.05) is 25.1 Å². The smallest absolute Gasteiger partial charge is 0.355 e. The normalized spacial score (nSPS) is 11.2. The molecule has 6 heteroatoms. The minimum Gasteiger partial charge on any atom is -0.461 e. The predicted molar refractivity (Wildman–Crippen MR) is 133 cm³/mol. The molecule has 0 aliphatic carbocycles. The van der Waals surface area contributed by atoms with E-state index in [1.165, 1.54) is 16.5 Å². The van der Waals surface area contributed by atoms with Gasteiger partial charge in [0.2, 0.25) is 0 Å². The number of rotatable bonds is 7. The fourth-order valence-electron chi connectivity index (χ4n) is 4.05. The number of ether oxygens (including phenoxy) is 1. The summed E-state index contributed by atoms with van der Waals surface area (Å²) in [4.78, 5) is 18.1. The average Bonchev–Trinajstić information content (AvgIpc) is 3.15. The molecule has 0 spiro atoms. The number of fused-ring (bicyclic) bond motifs is 2. The van der Waals surface area contributed by atoms with Crippen molar-refractivity contribution in [1.82, 2.24) is 4.98 Å². The number of aromatic nitrogens is 1. The number of anilines is 1. The fourth-order valence-corrected chi connectivity index (χ4v) is 4.65. The van der Waals surface area contributed by atoms with Crippen molar-refractivity contribution < 1.29 is 9.53 Å². The van der Waals surface area contributed by atoms with Gasteiger partial charge >= 0.3 is 5.97 Å². The molecule has 0 fully saturated rings. The molecule has 0 bridgehead atoms. The Morgan fingerprint density at radius 1 is 1.10 bits per heavy atom. The van der Waals surface area contributed by atoms with E-state index in [2.05, 4.69) is 75.3 Å². The molecule has 4 nitrogen and oxygen atoms in total. The fraction of sp³-hybridized carbons (Fsp3) is 0.240. The van der Waals surface area contributed by atoms with Crippen molar-refractivity contribution in [2.24, 2.45) is 0 Å². The van der Waals surface area contributed by atoms with E-state index in [1.807, 2.05) is 19.1 Å². The lowest BCUT2D eigenvalue weighted by Crippen LogP contribution is -2.19. The van der Waals surface area contributed by atoms with Gasteiger partial charge in [0.15, 0.2) is 0 Å². The van der Waals surface area contributed by atoms with E-state index in [0.29, 0.717) is 17.3 Å². The highest BCUT2D eigenvalue weighted by Gasteiger charge is 2.21. The number of halogens is 2. The van der Waals surface area contributed by atoms with Gasteiger partial charge in [0.05, 0.1) is 21.6 Å². The molecule has 0 amide bonds. The van der Waals surface area contributed by atoms with E-state index in [4.69, 9.17) is 16.3 Å². The molecule has 160 valence electrons. The van der Waals surface area contributed by atoms with Crippen LogP contribution in [0.1, 0.15) is 29.4 Å². The first kappa shape index (κ1) is 21.7. The van der Waals surface area contributed by atoms with Crippen LogP contribution in [0, 0.1) is 0 Å². The van der Waals surface area contributed by atoms with Crippen LogP contribution in [0.25, 0.3) is 21.7 Å². The molecule has 1 aromatic heterocycles. The van der Waals surface area contributed by atoms with Crippen molar-refractivity contribution in [3.05, 3.63) is 75.4 Å². The highest BCUT2D eigenvalue weighted by Crippen LogP contribution is 2.35. The zero-order valence-corrected chi connectivity index (χ0v) is 19.9. The largest absolute Gasteiger partial charge is 0.461 e. The van der Waals surface area contributed by atoms with Gasteiger partial charge < -0.3 is 14.6 Å². The minimum atomic E-state index is -0.334. The van der Waals surface area contributed by atoms with Crippen LogP contribution in [0.4, 0.5) is 5.69 Å². The third kappa shape index (κ3) is 4.30. The molecule has 4 rings (SSSR count). The molecule has 0 aliphatic rings. The quantitative estimate of drug-likeness (QED) is 0.279. The number of aryl methyl sites for hydroxylation is 1. The van der Waals surface area contributed by atoms with E-state index >= 15 is 0 Å². The van der Waals surface area contributed by atoms with Crippen LogP contribution in [0.5, 0.6) is 0 Å². The van der Waals surface area contributed by atoms with Crippen LogP contribution >= 0.6 is 27.5 Å². The summed E-state index contributed by atoms with van der Waals surface area (Å²) in [5, 5.41) is 4.07. The van der Waals surface area contributed by atoms with Gasteiger partial charge in [-0.2, -0.15) is 0 Å². The summed E-state index contributed by atoms with van der Waals surface area (Å²) in [5.41, 5.74) is 3.51. The van der Waals surface area contributed by atoms with Crippen molar-refractivity contribution >= 4 is 60.9 Å². The Hall–Kier alpha value is -2.50. The monoisotopic (exact) mass is 498 g/mol. The Kier molecular flexibility index (Phi) is 6.54. The highest BCUT2D eigenvalue weighted by atomic mass is 79.9. The SMILES string of the molecule is CCOC(=O)c1[nH]c2c(Br)c(Cl)ccc2c1CCCN(C)c1cccc2ccccc12. The van der Waals surface area contributed by atoms with E-state index in [9.17, 15) is 4.79 Å². The van der Waals surface area contributed by atoms with Crippen LogP contribution < -0.4 is 4.90 Å². The second-order valence-corrected chi connectivity index (χ2v) is 8.71. The predicted octanol–water partition coefficient (Wildman–Crippen LogP) is 6.98. The Bertz CT molecular complexity index is 1250. The Morgan fingerprint density at radius 3 is 2.68 bits per heavy atom. The van der Waals surface area contributed by atoms with Crippen molar-refractivity contribution in [2.45, 2.75) is 19.8 Å². The van der Waals surface area contributed by atoms with Crippen LogP contribution in [0.2, 0.25) is 5.02 Å². The van der Waals surface area contributed by atoms with Gasteiger partial charge in [-0.1, -0.05) is 54.1 Å². The summed E-state index contributed by atoms with van der Waals surface area (Å²) in [7, 11) is 2.11. The summed E-state index contributed by atoms with van der Waals surface area (Å²) in [6.45, 7) is 3.00. The van der Waals surface area contributed by atoms with E-state index in [0.717, 1.165) is 40.3 Å². The maximum Gasteiger partial charge on any atom is 0.355 e. The molecule has 0 atom stereocenters.